The fourth-order valence-electron chi connectivity index (χ4n) is 2.43. The molecule has 1 aliphatic rings. The highest BCUT2D eigenvalue weighted by atomic mass is 32.2. The summed E-state index contributed by atoms with van der Waals surface area (Å²) in [5.74, 6) is 0.519. The number of thioether (sulfide) groups is 1. The Hall–Kier alpha value is -1.20. The van der Waals surface area contributed by atoms with Gasteiger partial charge in [0.2, 0.25) is 0 Å². The van der Waals surface area contributed by atoms with Gasteiger partial charge < -0.3 is 9.84 Å². The van der Waals surface area contributed by atoms with Gasteiger partial charge in [0.25, 0.3) is 0 Å². The molecule has 1 fully saturated rings. The molecule has 0 unspecified atom stereocenters. The number of carboxylic acid groups (broad SMARTS) is 1. The molecule has 5 heteroatoms. The molecule has 2 rings (SSSR count). The third kappa shape index (κ3) is 2.94. The highest BCUT2D eigenvalue weighted by Gasteiger charge is 2.32. The summed E-state index contributed by atoms with van der Waals surface area (Å²) in [6.45, 7) is 6.81. The smallest absolute Gasteiger partial charge is 0.318 e. The lowest BCUT2D eigenvalue weighted by Crippen LogP contribution is -2.21. The van der Waals surface area contributed by atoms with E-state index in [1.54, 1.807) is 7.11 Å². The van der Waals surface area contributed by atoms with Crippen LogP contribution in [0.1, 0.15) is 41.8 Å². The first-order chi connectivity index (χ1) is 9.43. The average Bonchev–Trinajstić information content (AvgIpc) is 2.87. The van der Waals surface area contributed by atoms with Crippen molar-refractivity contribution in [3.63, 3.8) is 0 Å². The molecule has 1 aliphatic heterocycles. The van der Waals surface area contributed by atoms with Gasteiger partial charge in [-0.2, -0.15) is 0 Å². The zero-order chi connectivity index (χ0) is 14.9. The number of methoxy groups -OCH3 is 1. The second-order valence-electron chi connectivity index (χ2n) is 5.36. The minimum absolute atomic E-state index is 0.0412. The first-order valence-electron chi connectivity index (χ1n) is 6.74. The molecule has 1 saturated heterocycles. The summed E-state index contributed by atoms with van der Waals surface area (Å²) in [5, 5.41) is 12.1. The fraction of sp³-hybridized carbons (Fsp3) is 0.533. The zero-order valence-electron chi connectivity index (χ0n) is 12.3. The lowest BCUT2D eigenvalue weighted by molar-refractivity contribution is -0.136. The van der Waals surface area contributed by atoms with Crippen molar-refractivity contribution in [2.75, 3.05) is 13.7 Å². The van der Waals surface area contributed by atoms with E-state index in [0.29, 0.717) is 12.5 Å². The van der Waals surface area contributed by atoms with Crippen LogP contribution in [0, 0.1) is 6.92 Å². The molecule has 1 aromatic carbocycles. The molecular weight excluding hydrogens is 274 g/mol. The Bertz CT molecular complexity index is 516. The van der Waals surface area contributed by atoms with Gasteiger partial charge in [0, 0.05) is 6.54 Å². The van der Waals surface area contributed by atoms with Crippen LogP contribution in [0.3, 0.4) is 0 Å². The molecule has 0 bridgehead atoms. The van der Waals surface area contributed by atoms with E-state index in [1.165, 1.54) is 11.8 Å². The number of hydrogen-bond acceptors (Lipinski definition) is 4. The van der Waals surface area contributed by atoms with Gasteiger partial charge in [-0.25, -0.2) is 0 Å². The van der Waals surface area contributed by atoms with Crippen LogP contribution in [-0.2, 0) is 4.79 Å². The predicted molar refractivity (Wildman–Crippen MR) is 81.6 cm³/mol. The van der Waals surface area contributed by atoms with E-state index in [-0.39, 0.29) is 10.6 Å². The van der Waals surface area contributed by atoms with Crippen molar-refractivity contribution in [2.45, 2.75) is 37.3 Å². The Labute approximate surface area is 123 Å². The molecule has 0 saturated carbocycles. The molecule has 110 valence electrons. The second kappa shape index (κ2) is 6.06. The third-order valence-corrected chi connectivity index (χ3v) is 4.98. The summed E-state index contributed by atoms with van der Waals surface area (Å²) in [6.07, 6.45) is 0. The summed E-state index contributed by atoms with van der Waals surface area (Å²) in [4.78, 5) is 11.1. The SMILES string of the molecule is COc1cc(C)c([C@@H]2NC[C@@H](C(=O)O)S2)cc1C(C)C. The average molecular weight is 295 g/mol. The molecule has 0 amide bonds. The quantitative estimate of drug-likeness (QED) is 0.894. The van der Waals surface area contributed by atoms with E-state index >= 15 is 0 Å². The van der Waals surface area contributed by atoms with Crippen molar-refractivity contribution in [2.24, 2.45) is 0 Å². The van der Waals surface area contributed by atoms with Crippen LogP contribution in [-0.4, -0.2) is 30.0 Å². The zero-order valence-corrected chi connectivity index (χ0v) is 13.1. The van der Waals surface area contributed by atoms with Crippen LogP contribution in [0.4, 0.5) is 0 Å². The molecule has 0 radical (unpaired) electrons. The maximum Gasteiger partial charge on any atom is 0.318 e. The van der Waals surface area contributed by atoms with E-state index in [2.05, 4.69) is 25.2 Å². The Morgan fingerprint density at radius 1 is 1.50 bits per heavy atom. The monoisotopic (exact) mass is 295 g/mol. The van der Waals surface area contributed by atoms with E-state index in [9.17, 15) is 4.79 Å². The van der Waals surface area contributed by atoms with E-state index < -0.39 is 5.97 Å². The molecule has 2 N–H and O–H groups in total. The van der Waals surface area contributed by atoms with Gasteiger partial charge in [-0.1, -0.05) is 13.8 Å². The number of carbonyl (C=O) groups is 1. The summed E-state index contributed by atoms with van der Waals surface area (Å²) in [7, 11) is 1.68. The van der Waals surface area contributed by atoms with Crippen molar-refractivity contribution in [1.82, 2.24) is 5.32 Å². The molecule has 2 atom stereocenters. The van der Waals surface area contributed by atoms with Crippen LogP contribution in [0.15, 0.2) is 12.1 Å². The predicted octanol–water partition coefficient (Wildman–Crippen LogP) is 2.92. The van der Waals surface area contributed by atoms with Gasteiger partial charge in [-0.3, -0.25) is 10.1 Å². The first-order valence-corrected chi connectivity index (χ1v) is 7.68. The van der Waals surface area contributed by atoms with Crippen molar-refractivity contribution >= 4 is 17.7 Å². The molecule has 1 aromatic rings. The van der Waals surface area contributed by atoms with Gasteiger partial charge in [0.1, 0.15) is 11.0 Å². The molecule has 20 heavy (non-hydrogen) atoms. The van der Waals surface area contributed by atoms with E-state index in [0.717, 1.165) is 22.4 Å². The van der Waals surface area contributed by atoms with Crippen molar-refractivity contribution < 1.29 is 14.6 Å². The van der Waals surface area contributed by atoms with Crippen LogP contribution < -0.4 is 10.1 Å². The standard InChI is InChI=1S/C15H21NO3S/c1-8(2)10-6-11(9(3)5-12(10)19-4)14-16-7-13(20-14)15(17)18/h5-6,8,13-14,16H,7H2,1-4H3,(H,17,18)/t13-,14+/m0/s1. The number of aliphatic carboxylic acids is 1. The summed E-state index contributed by atoms with van der Waals surface area (Å²) < 4.78 is 5.44. The summed E-state index contributed by atoms with van der Waals surface area (Å²) in [5.41, 5.74) is 3.44. The number of carboxylic acids is 1. The maximum atomic E-state index is 11.1. The summed E-state index contributed by atoms with van der Waals surface area (Å²) >= 11 is 1.47. The molecule has 1 heterocycles. The first kappa shape index (κ1) is 15.2. The molecule has 0 aromatic heterocycles. The number of hydrogen-bond donors (Lipinski definition) is 2. The van der Waals surface area contributed by atoms with Gasteiger partial charge in [0.05, 0.1) is 12.5 Å². The van der Waals surface area contributed by atoms with Crippen LogP contribution in [0.25, 0.3) is 0 Å². The Morgan fingerprint density at radius 2 is 2.20 bits per heavy atom. The van der Waals surface area contributed by atoms with E-state index in [1.807, 2.05) is 13.0 Å². The van der Waals surface area contributed by atoms with Gasteiger partial charge in [0.15, 0.2) is 0 Å². The number of rotatable bonds is 4. The molecule has 0 aliphatic carbocycles. The van der Waals surface area contributed by atoms with Crippen LogP contribution >= 0.6 is 11.8 Å². The minimum atomic E-state index is -0.750. The van der Waals surface area contributed by atoms with Gasteiger partial charge >= 0.3 is 5.97 Å². The molecular formula is C15H21NO3S. The lowest BCUT2D eigenvalue weighted by Gasteiger charge is -2.19. The maximum absolute atomic E-state index is 11.1. The van der Waals surface area contributed by atoms with Gasteiger partial charge in [-0.05, 0) is 41.7 Å². The Kier molecular flexibility index (Phi) is 4.60. The van der Waals surface area contributed by atoms with Crippen LogP contribution in [0.2, 0.25) is 0 Å². The normalized spacial score (nSPS) is 22.2. The molecule has 0 spiro atoms. The minimum Gasteiger partial charge on any atom is -0.496 e. The van der Waals surface area contributed by atoms with E-state index in [4.69, 9.17) is 9.84 Å². The van der Waals surface area contributed by atoms with Gasteiger partial charge in [-0.15, -0.1) is 11.8 Å². The van der Waals surface area contributed by atoms with Crippen molar-refractivity contribution in [3.8, 4) is 5.75 Å². The van der Waals surface area contributed by atoms with Crippen LogP contribution in [0.5, 0.6) is 5.75 Å². The number of benzene rings is 1. The highest BCUT2D eigenvalue weighted by molar-refractivity contribution is 8.01. The Balaban J connectivity index is 2.33. The number of ether oxygens (including phenoxy) is 1. The Morgan fingerprint density at radius 3 is 2.70 bits per heavy atom. The largest absolute Gasteiger partial charge is 0.496 e. The topological polar surface area (TPSA) is 58.6 Å². The lowest BCUT2D eigenvalue weighted by atomic mass is 9.96. The second-order valence-corrected chi connectivity index (χ2v) is 6.67. The number of nitrogens with one attached hydrogen (secondary N) is 1. The molecule has 4 nitrogen and oxygen atoms in total. The third-order valence-electron chi connectivity index (χ3n) is 3.59. The van der Waals surface area contributed by atoms with Crippen molar-refractivity contribution in [3.05, 3.63) is 28.8 Å². The summed E-state index contributed by atoms with van der Waals surface area (Å²) in [6, 6.07) is 4.19. The number of aryl methyl sites for hydroxylation is 1. The highest BCUT2D eigenvalue weighted by Crippen LogP contribution is 2.40. The fourth-order valence-corrected chi connectivity index (χ4v) is 3.66. The van der Waals surface area contributed by atoms with Crippen molar-refractivity contribution in [1.29, 1.82) is 0 Å².